The van der Waals surface area contributed by atoms with Crippen molar-refractivity contribution >= 4 is 5.82 Å². The van der Waals surface area contributed by atoms with Gasteiger partial charge in [0.2, 0.25) is 0 Å². The van der Waals surface area contributed by atoms with Gasteiger partial charge in [0.15, 0.2) is 0 Å². The van der Waals surface area contributed by atoms with Crippen LogP contribution in [0.3, 0.4) is 0 Å². The van der Waals surface area contributed by atoms with Gasteiger partial charge in [-0.3, -0.25) is 0 Å². The van der Waals surface area contributed by atoms with Crippen LogP contribution in [0.2, 0.25) is 0 Å². The first kappa shape index (κ1) is 13.1. The first-order valence-electron chi connectivity index (χ1n) is 7.17. The van der Waals surface area contributed by atoms with Gasteiger partial charge in [0.1, 0.15) is 11.6 Å². The third kappa shape index (κ3) is 2.51. The maximum atomic E-state index is 5.60. The molecule has 0 atom stereocenters. The van der Waals surface area contributed by atoms with Crippen LogP contribution in [0.1, 0.15) is 30.7 Å². The van der Waals surface area contributed by atoms with E-state index in [-0.39, 0.29) is 0 Å². The zero-order valence-corrected chi connectivity index (χ0v) is 11.8. The molecule has 1 aromatic carbocycles. The van der Waals surface area contributed by atoms with Gasteiger partial charge in [-0.15, -0.1) is 0 Å². The zero-order chi connectivity index (χ0) is 13.9. The van der Waals surface area contributed by atoms with Gasteiger partial charge in [-0.25, -0.2) is 15.8 Å². The van der Waals surface area contributed by atoms with Crippen molar-refractivity contribution in [2.75, 3.05) is 5.43 Å². The number of hydrogen-bond acceptors (Lipinski definition) is 4. The van der Waals surface area contributed by atoms with E-state index < -0.39 is 0 Å². The summed E-state index contributed by atoms with van der Waals surface area (Å²) >= 11 is 0. The van der Waals surface area contributed by atoms with E-state index in [1.165, 1.54) is 19.3 Å². The summed E-state index contributed by atoms with van der Waals surface area (Å²) in [4.78, 5) is 9.32. The third-order valence-electron chi connectivity index (χ3n) is 4.07. The zero-order valence-electron chi connectivity index (χ0n) is 11.8. The summed E-state index contributed by atoms with van der Waals surface area (Å²) in [5.41, 5.74) is 5.79. The fraction of sp³-hybridized carbons (Fsp3) is 0.375. The second kappa shape index (κ2) is 5.59. The van der Waals surface area contributed by atoms with Crippen LogP contribution in [0.15, 0.2) is 30.3 Å². The minimum Gasteiger partial charge on any atom is -0.308 e. The minimum absolute atomic E-state index is 0.730. The molecule has 1 aromatic heterocycles. The minimum atomic E-state index is 0.730. The van der Waals surface area contributed by atoms with Gasteiger partial charge in [0.25, 0.3) is 0 Å². The first-order valence-corrected chi connectivity index (χ1v) is 7.17. The highest BCUT2D eigenvalue weighted by Gasteiger charge is 2.20. The molecule has 0 saturated heterocycles. The number of rotatable bonds is 4. The van der Waals surface area contributed by atoms with Crippen LogP contribution < -0.4 is 11.3 Å². The van der Waals surface area contributed by atoms with Crippen LogP contribution in [0.5, 0.6) is 0 Å². The molecule has 0 radical (unpaired) electrons. The Kier molecular flexibility index (Phi) is 3.65. The predicted octanol–water partition coefficient (Wildman–Crippen LogP) is 3.08. The molecule has 3 N–H and O–H groups in total. The van der Waals surface area contributed by atoms with Crippen molar-refractivity contribution in [3.63, 3.8) is 0 Å². The van der Waals surface area contributed by atoms with Gasteiger partial charge in [-0.1, -0.05) is 49.6 Å². The number of nitrogens with two attached hydrogens (primary N) is 1. The molecule has 0 bridgehead atoms. The van der Waals surface area contributed by atoms with Crippen LogP contribution in [0, 0.1) is 12.8 Å². The fourth-order valence-corrected chi connectivity index (χ4v) is 2.63. The van der Waals surface area contributed by atoms with Gasteiger partial charge >= 0.3 is 0 Å². The van der Waals surface area contributed by atoms with Crippen molar-refractivity contribution in [2.24, 2.45) is 11.8 Å². The van der Waals surface area contributed by atoms with Crippen molar-refractivity contribution in [3.8, 4) is 11.3 Å². The van der Waals surface area contributed by atoms with Crippen molar-refractivity contribution < 1.29 is 0 Å². The molecule has 1 aliphatic rings. The smallest absolute Gasteiger partial charge is 0.147 e. The Hall–Kier alpha value is -1.94. The topological polar surface area (TPSA) is 63.8 Å². The van der Waals surface area contributed by atoms with E-state index >= 15 is 0 Å². The van der Waals surface area contributed by atoms with Crippen molar-refractivity contribution in [3.05, 3.63) is 41.7 Å². The maximum Gasteiger partial charge on any atom is 0.147 e. The summed E-state index contributed by atoms with van der Waals surface area (Å²) in [6, 6.07) is 10.2. The molecule has 4 nitrogen and oxygen atoms in total. The molecule has 0 aliphatic heterocycles. The molecule has 1 heterocycles. The highest BCUT2D eigenvalue weighted by atomic mass is 15.3. The van der Waals surface area contributed by atoms with Crippen LogP contribution in [0.25, 0.3) is 11.3 Å². The summed E-state index contributed by atoms with van der Waals surface area (Å²) in [5.74, 6) is 7.97. The van der Waals surface area contributed by atoms with E-state index in [1.807, 2.05) is 25.1 Å². The van der Waals surface area contributed by atoms with Gasteiger partial charge < -0.3 is 5.43 Å². The number of benzene rings is 1. The Morgan fingerprint density at radius 1 is 1.20 bits per heavy atom. The second-order valence-electron chi connectivity index (χ2n) is 5.47. The molecule has 3 rings (SSSR count). The monoisotopic (exact) mass is 268 g/mol. The van der Waals surface area contributed by atoms with Crippen molar-refractivity contribution in [2.45, 2.75) is 32.6 Å². The summed E-state index contributed by atoms with van der Waals surface area (Å²) < 4.78 is 0. The Morgan fingerprint density at radius 2 is 1.95 bits per heavy atom. The standard InChI is InChI=1S/C16H20N4/c1-11-15(13-8-3-2-4-9-13)18-14(19-16(11)20-17)10-12-6-5-7-12/h2-4,8-9,12H,5-7,10,17H2,1H3,(H,18,19,20). The highest BCUT2D eigenvalue weighted by molar-refractivity contribution is 5.67. The lowest BCUT2D eigenvalue weighted by atomic mass is 9.83. The van der Waals surface area contributed by atoms with E-state index in [1.54, 1.807) is 0 Å². The molecule has 4 heteroatoms. The summed E-state index contributed by atoms with van der Waals surface area (Å²) in [7, 11) is 0. The lowest BCUT2D eigenvalue weighted by Gasteiger charge is -2.25. The normalized spacial score (nSPS) is 14.9. The largest absolute Gasteiger partial charge is 0.308 e. The molecule has 0 spiro atoms. The summed E-state index contributed by atoms with van der Waals surface area (Å²) in [6.07, 6.45) is 4.88. The molecular weight excluding hydrogens is 248 g/mol. The number of nitrogen functional groups attached to an aromatic ring is 1. The molecule has 1 saturated carbocycles. The number of hydrogen-bond donors (Lipinski definition) is 2. The van der Waals surface area contributed by atoms with E-state index in [0.717, 1.165) is 40.8 Å². The van der Waals surface area contributed by atoms with Crippen LogP contribution in [-0.4, -0.2) is 9.97 Å². The Bertz CT molecular complexity index is 591. The number of aromatic nitrogens is 2. The van der Waals surface area contributed by atoms with E-state index in [9.17, 15) is 0 Å². The Morgan fingerprint density at radius 3 is 2.55 bits per heavy atom. The number of anilines is 1. The Balaban J connectivity index is 2.00. The molecule has 0 unspecified atom stereocenters. The highest BCUT2D eigenvalue weighted by Crippen LogP contribution is 2.31. The molecule has 0 amide bonds. The number of nitrogens with one attached hydrogen (secondary N) is 1. The lowest BCUT2D eigenvalue weighted by Crippen LogP contribution is -2.18. The molecular formula is C16H20N4. The fourth-order valence-electron chi connectivity index (χ4n) is 2.63. The molecule has 20 heavy (non-hydrogen) atoms. The predicted molar refractivity (Wildman–Crippen MR) is 81.1 cm³/mol. The van der Waals surface area contributed by atoms with Crippen LogP contribution in [0.4, 0.5) is 5.82 Å². The van der Waals surface area contributed by atoms with E-state index in [4.69, 9.17) is 10.8 Å². The van der Waals surface area contributed by atoms with Gasteiger partial charge in [-0.2, -0.15) is 0 Å². The first-order chi connectivity index (χ1) is 9.78. The van der Waals surface area contributed by atoms with Crippen LogP contribution in [-0.2, 0) is 6.42 Å². The van der Waals surface area contributed by atoms with Crippen molar-refractivity contribution in [1.82, 2.24) is 9.97 Å². The average molecular weight is 268 g/mol. The van der Waals surface area contributed by atoms with Gasteiger partial charge in [-0.05, 0) is 12.8 Å². The van der Waals surface area contributed by atoms with Gasteiger partial charge in [0.05, 0.1) is 5.69 Å². The maximum absolute atomic E-state index is 5.60. The van der Waals surface area contributed by atoms with E-state index in [0.29, 0.717) is 0 Å². The molecule has 1 aliphatic carbocycles. The molecule has 2 aromatic rings. The summed E-state index contributed by atoms with van der Waals surface area (Å²) in [5, 5.41) is 0. The quantitative estimate of drug-likeness (QED) is 0.660. The Labute approximate surface area is 119 Å². The lowest BCUT2D eigenvalue weighted by molar-refractivity contribution is 0.309. The second-order valence-corrected chi connectivity index (χ2v) is 5.47. The third-order valence-corrected chi connectivity index (χ3v) is 4.07. The number of hydrazine groups is 1. The van der Waals surface area contributed by atoms with Crippen molar-refractivity contribution in [1.29, 1.82) is 0 Å². The van der Waals surface area contributed by atoms with E-state index in [2.05, 4.69) is 22.5 Å². The molecule has 104 valence electrons. The average Bonchev–Trinajstić information content (AvgIpc) is 2.45. The number of nitrogens with zero attached hydrogens (tertiary/aromatic N) is 2. The van der Waals surface area contributed by atoms with Crippen LogP contribution >= 0.6 is 0 Å². The summed E-state index contributed by atoms with van der Waals surface area (Å²) in [6.45, 7) is 2.00. The SMILES string of the molecule is Cc1c(NN)nc(CC2CCC2)nc1-c1ccccc1. The van der Waals surface area contributed by atoms with Gasteiger partial charge in [0, 0.05) is 17.5 Å². The molecule has 1 fully saturated rings.